The van der Waals surface area contributed by atoms with Gasteiger partial charge >= 0.3 is 12.0 Å². The third-order valence-corrected chi connectivity index (χ3v) is 3.81. The van der Waals surface area contributed by atoms with Gasteiger partial charge in [-0.2, -0.15) is 0 Å². The molecule has 0 atom stereocenters. The van der Waals surface area contributed by atoms with E-state index in [1.54, 1.807) is 18.5 Å². The molecule has 7 heteroatoms. The Hall–Kier alpha value is -1.63. The van der Waals surface area contributed by atoms with Crippen LogP contribution in [0.4, 0.5) is 10.5 Å². The van der Waals surface area contributed by atoms with Gasteiger partial charge in [0.2, 0.25) is 0 Å². The van der Waals surface area contributed by atoms with Crippen LogP contribution >= 0.6 is 15.9 Å². The van der Waals surface area contributed by atoms with Crippen molar-refractivity contribution in [1.82, 2.24) is 10.3 Å². The molecule has 2 rings (SSSR count). The summed E-state index contributed by atoms with van der Waals surface area (Å²) < 4.78 is 0.789. The van der Waals surface area contributed by atoms with Crippen LogP contribution in [0, 0.1) is 5.92 Å². The predicted octanol–water partition coefficient (Wildman–Crippen LogP) is 2.61. The van der Waals surface area contributed by atoms with Crippen LogP contribution in [-0.2, 0) is 4.79 Å². The predicted molar refractivity (Wildman–Crippen MR) is 77.5 cm³/mol. The monoisotopic (exact) mass is 341 g/mol. The van der Waals surface area contributed by atoms with E-state index in [2.05, 4.69) is 31.5 Å². The van der Waals surface area contributed by atoms with Gasteiger partial charge in [0.1, 0.15) is 0 Å². The first kappa shape index (κ1) is 14.8. The number of urea groups is 1. The standard InChI is InChI=1S/C13H16BrN3O3/c14-9-5-11(7-15-6-9)17-13(20)16-10-3-1-8(2-4-10)12(18)19/h5-8,10H,1-4H2,(H,18,19)(H2,16,17,20). The third kappa shape index (κ3) is 4.19. The molecule has 6 nitrogen and oxygen atoms in total. The zero-order valence-corrected chi connectivity index (χ0v) is 12.4. The summed E-state index contributed by atoms with van der Waals surface area (Å²) in [6.07, 6.45) is 5.81. The highest BCUT2D eigenvalue weighted by Crippen LogP contribution is 2.24. The van der Waals surface area contributed by atoms with Gasteiger partial charge in [-0.15, -0.1) is 0 Å². The molecule has 3 N–H and O–H groups in total. The van der Waals surface area contributed by atoms with Gasteiger partial charge < -0.3 is 15.7 Å². The van der Waals surface area contributed by atoms with Crippen molar-refractivity contribution in [2.24, 2.45) is 5.92 Å². The number of carbonyl (C=O) groups excluding carboxylic acids is 1. The quantitative estimate of drug-likeness (QED) is 0.787. The molecular weight excluding hydrogens is 326 g/mol. The minimum absolute atomic E-state index is 0.0331. The average molecular weight is 342 g/mol. The van der Waals surface area contributed by atoms with Gasteiger partial charge in [0, 0.05) is 16.7 Å². The number of anilines is 1. The molecule has 20 heavy (non-hydrogen) atoms. The largest absolute Gasteiger partial charge is 0.481 e. The van der Waals surface area contributed by atoms with E-state index < -0.39 is 5.97 Å². The lowest BCUT2D eigenvalue weighted by atomic mass is 9.86. The number of rotatable bonds is 3. The number of amides is 2. The zero-order valence-electron chi connectivity index (χ0n) is 10.8. The van der Waals surface area contributed by atoms with Gasteiger partial charge in [-0.3, -0.25) is 9.78 Å². The van der Waals surface area contributed by atoms with Crippen LogP contribution in [0.5, 0.6) is 0 Å². The van der Waals surface area contributed by atoms with Crippen molar-refractivity contribution in [1.29, 1.82) is 0 Å². The number of halogens is 1. The normalized spacial score (nSPS) is 22.1. The van der Waals surface area contributed by atoms with Crippen molar-refractivity contribution >= 4 is 33.6 Å². The molecule has 2 amide bonds. The second kappa shape index (κ2) is 6.69. The Labute approximate surface area is 125 Å². The summed E-state index contributed by atoms with van der Waals surface area (Å²) in [5, 5.41) is 14.5. The van der Waals surface area contributed by atoms with Crippen molar-refractivity contribution in [3.05, 3.63) is 22.9 Å². The molecule has 0 bridgehead atoms. The molecule has 1 heterocycles. The number of nitrogens with zero attached hydrogens (tertiary/aromatic N) is 1. The van der Waals surface area contributed by atoms with E-state index in [4.69, 9.17) is 5.11 Å². The fraction of sp³-hybridized carbons (Fsp3) is 0.462. The molecule has 0 saturated heterocycles. The van der Waals surface area contributed by atoms with Gasteiger partial charge in [-0.1, -0.05) is 0 Å². The lowest BCUT2D eigenvalue weighted by molar-refractivity contribution is -0.142. The van der Waals surface area contributed by atoms with E-state index in [9.17, 15) is 9.59 Å². The summed E-state index contributed by atoms with van der Waals surface area (Å²) >= 11 is 3.28. The number of aromatic nitrogens is 1. The number of pyridine rings is 1. The van der Waals surface area contributed by atoms with Crippen LogP contribution in [0.25, 0.3) is 0 Å². The SMILES string of the molecule is O=C(Nc1cncc(Br)c1)NC1CCC(C(=O)O)CC1. The molecule has 108 valence electrons. The van der Waals surface area contributed by atoms with Crippen molar-refractivity contribution in [2.75, 3.05) is 5.32 Å². The molecule has 0 aromatic carbocycles. The summed E-state index contributed by atoms with van der Waals surface area (Å²) in [7, 11) is 0. The van der Waals surface area contributed by atoms with Crippen LogP contribution in [0.1, 0.15) is 25.7 Å². The molecule has 0 unspecified atom stereocenters. The minimum atomic E-state index is -0.742. The molecule has 0 aliphatic heterocycles. The van der Waals surface area contributed by atoms with E-state index in [1.165, 1.54) is 0 Å². The molecule has 0 spiro atoms. The van der Waals surface area contributed by atoms with Crippen molar-refractivity contribution in [3.63, 3.8) is 0 Å². The number of aliphatic carboxylic acids is 1. The Balaban J connectivity index is 1.80. The van der Waals surface area contributed by atoms with E-state index in [-0.39, 0.29) is 18.0 Å². The number of carboxylic acids is 1. The highest BCUT2D eigenvalue weighted by atomic mass is 79.9. The summed E-state index contributed by atoms with van der Waals surface area (Å²) in [5.41, 5.74) is 0.607. The van der Waals surface area contributed by atoms with E-state index in [0.717, 1.165) is 4.47 Å². The van der Waals surface area contributed by atoms with Gasteiger partial charge in [0.25, 0.3) is 0 Å². The van der Waals surface area contributed by atoms with Gasteiger partial charge in [-0.25, -0.2) is 4.79 Å². The summed E-state index contributed by atoms with van der Waals surface area (Å²) in [4.78, 5) is 26.6. The Morgan fingerprint density at radius 3 is 2.55 bits per heavy atom. The Kier molecular flexibility index (Phi) is 4.94. The van der Waals surface area contributed by atoms with E-state index in [1.807, 2.05) is 0 Å². The topological polar surface area (TPSA) is 91.3 Å². The number of hydrogen-bond acceptors (Lipinski definition) is 3. The van der Waals surface area contributed by atoms with Crippen LogP contribution < -0.4 is 10.6 Å². The number of carbonyl (C=O) groups is 2. The lowest BCUT2D eigenvalue weighted by Crippen LogP contribution is -2.41. The first-order valence-electron chi connectivity index (χ1n) is 6.45. The highest BCUT2D eigenvalue weighted by molar-refractivity contribution is 9.10. The highest BCUT2D eigenvalue weighted by Gasteiger charge is 2.26. The maximum atomic E-state index is 11.8. The lowest BCUT2D eigenvalue weighted by Gasteiger charge is -2.26. The molecular formula is C13H16BrN3O3. The van der Waals surface area contributed by atoms with Crippen LogP contribution in [0.3, 0.4) is 0 Å². The summed E-state index contributed by atoms with van der Waals surface area (Å²) in [6, 6.07) is 1.50. The molecule has 1 fully saturated rings. The van der Waals surface area contributed by atoms with E-state index in [0.29, 0.717) is 31.4 Å². The Morgan fingerprint density at radius 1 is 1.25 bits per heavy atom. The van der Waals surface area contributed by atoms with Crippen molar-refractivity contribution in [2.45, 2.75) is 31.7 Å². The molecule has 1 aliphatic rings. The van der Waals surface area contributed by atoms with Crippen LogP contribution in [0.2, 0.25) is 0 Å². The molecule has 1 saturated carbocycles. The Bertz CT molecular complexity index is 501. The summed E-state index contributed by atoms with van der Waals surface area (Å²) in [6.45, 7) is 0. The third-order valence-electron chi connectivity index (χ3n) is 3.37. The van der Waals surface area contributed by atoms with Crippen molar-refractivity contribution < 1.29 is 14.7 Å². The second-order valence-electron chi connectivity index (χ2n) is 4.88. The number of carboxylic acid groups (broad SMARTS) is 1. The minimum Gasteiger partial charge on any atom is -0.481 e. The molecule has 1 aromatic rings. The van der Waals surface area contributed by atoms with Gasteiger partial charge in [-0.05, 0) is 47.7 Å². The average Bonchev–Trinajstić information content (AvgIpc) is 2.39. The fourth-order valence-electron chi connectivity index (χ4n) is 2.32. The summed E-state index contributed by atoms with van der Waals surface area (Å²) in [5.74, 6) is -1.02. The molecule has 1 aromatic heterocycles. The smallest absolute Gasteiger partial charge is 0.319 e. The second-order valence-corrected chi connectivity index (χ2v) is 5.79. The maximum Gasteiger partial charge on any atom is 0.319 e. The maximum absolute atomic E-state index is 11.8. The molecule has 1 aliphatic carbocycles. The number of hydrogen-bond donors (Lipinski definition) is 3. The Morgan fingerprint density at radius 2 is 1.95 bits per heavy atom. The number of nitrogens with one attached hydrogen (secondary N) is 2. The first-order chi connectivity index (χ1) is 9.54. The van der Waals surface area contributed by atoms with E-state index >= 15 is 0 Å². The molecule has 0 radical (unpaired) electrons. The van der Waals surface area contributed by atoms with Crippen molar-refractivity contribution in [3.8, 4) is 0 Å². The van der Waals surface area contributed by atoms with Gasteiger partial charge in [0.05, 0.1) is 17.8 Å². The fourth-order valence-corrected chi connectivity index (χ4v) is 2.68. The zero-order chi connectivity index (χ0) is 14.5. The van der Waals surface area contributed by atoms with Gasteiger partial charge in [0.15, 0.2) is 0 Å². The van der Waals surface area contributed by atoms with Crippen LogP contribution in [-0.4, -0.2) is 28.1 Å². The van der Waals surface area contributed by atoms with Crippen LogP contribution in [0.15, 0.2) is 22.9 Å². The first-order valence-corrected chi connectivity index (χ1v) is 7.25.